The maximum absolute atomic E-state index is 6.31. The summed E-state index contributed by atoms with van der Waals surface area (Å²) in [7, 11) is 0. The first-order valence-corrected chi connectivity index (χ1v) is 9.00. The Labute approximate surface area is 148 Å². The van der Waals surface area contributed by atoms with Crippen LogP contribution in [-0.4, -0.2) is 6.54 Å². The van der Waals surface area contributed by atoms with Crippen molar-refractivity contribution in [1.29, 1.82) is 0 Å². The number of benzene rings is 2. The molecule has 0 aliphatic rings. The molecule has 1 atom stereocenters. The summed E-state index contributed by atoms with van der Waals surface area (Å²) in [5, 5.41) is 4.45. The van der Waals surface area contributed by atoms with Crippen molar-refractivity contribution < 1.29 is 0 Å². The van der Waals surface area contributed by atoms with E-state index in [1.807, 2.05) is 24.3 Å². The molecule has 1 nitrogen and oxygen atoms in total. The second-order valence-electron chi connectivity index (χ2n) is 4.97. The van der Waals surface area contributed by atoms with Gasteiger partial charge in [0.15, 0.2) is 0 Å². The molecule has 1 unspecified atom stereocenters. The van der Waals surface area contributed by atoms with E-state index in [-0.39, 0.29) is 6.04 Å². The van der Waals surface area contributed by atoms with Crippen LogP contribution >= 0.6 is 43.5 Å². The summed E-state index contributed by atoms with van der Waals surface area (Å²) in [6.45, 7) is 3.16. The van der Waals surface area contributed by atoms with E-state index in [0.29, 0.717) is 0 Å². The zero-order valence-corrected chi connectivity index (χ0v) is 15.8. The molecule has 0 radical (unpaired) electrons. The van der Waals surface area contributed by atoms with Gasteiger partial charge in [0.1, 0.15) is 0 Å². The van der Waals surface area contributed by atoms with E-state index in [2.05, 4.69) is 62.3 Å². The predicted molar refractivity (Wildman–Crippen MR) is 98.0 cm³/mol. The first-order chi connectivity index (χ1) is 10.1. The zero-order valence-electron chi connectivity index (χ0n) is 11.9. The topological polar surface area (TPSA) is 12.0 Å². The maximum atomic E-state index is 6.31. The molecule has 0 spiro atoms. The first kappa shape index (κ1) is 17.0. The summed E-state index contributed by atoms with van der Waals surface area (Å²) >= 11 is 13.5. The van der Waals surface area contributed by atoms with Gasteiger partial charge in [-0.2, -0.15) is 0 Å². The average molecular weight is 432 g/mol. The van der Waals surface area contributed by atoms with Crippen molar-refractivity contribution in [3.63, 3.8) is 0 Å². The first-order valence-electron chi connectivity index (χ1n) is 7.03. The molecular weight excluding hydrogens is 413 g/mol. The van der Waals surface area contributed by atoms with Crippen LogP contribution in [0.2, 0.25) is 5.02 Å². The summed E-state index contributed by atoms with van der Waals surface area (Å²) in [5.41, 5.74) is 2.41. The Kier molecular flexibility index (Phi) is 6.74. The summed E-state index contributed by atoms with van der Waals surface area (Å²) in [4.78, 5) is 0. The van der Waals surface area contributed by atoms with Gasteiger partial charge in [0.05, 0.1) is 0 Å². The van der Waals surface area contributed by atoms with Gasteiger partial charge in [-0.05, 0) is 54.8 Å². The van der Waals surface area contributed by atoms with E-state index in [4.69, 9.17) is 11.6 Å². The molecule has 0 saturated carbocycles. The van der Waals surface area contributed by atoms with E-state index in [0.717, 1.165) is 33.4 Å². The van der Waals surface area contributed by atoms with Crippen LogP contribution in [0.1, 0.15) is 30.5 Å². The number of hydrogen-bond donors (Lipinski definition) is 1. The van der Waals surface area contributed by atoms with Gasteiger partial charge in [-0.3, -0.25) is 0 Å². The van der Waals surface area contributed by atoms with Gasteiger partial charge in [-0.1, -0.05) is 68.6 Å². The van der Waals surface area contributed by atoms with Gasteiger partial charge < -0.3 is 5.32 Å². The van der Waals surface area contributed by atoms with Crippen molar-refractivity contribution in [3.05, 3.63) is 67.6 Å². The lowest BCUT2D eigenvalue weighted by molar-refractivity contribution is 0.527. The lowest BCUT2D eigenvalue weighted by Gasteiger charge is -2.21. The average Bonchev–Trinajstić information content (AvgIpc) is 2.48. The van der Waals surface area contributed by atoms with Crippen LogP contribution in [0.25, 0.3) is 0 Å². The summed E-state index contributed by atoms with van der Waals surface area (Å²) in [6, 6.07) is 14.6. The molecule has 2 rings (SSSR count). The Morgan fingerprint density at radius 2 is 1.90 bits per heavy atom. The minimum atomic E-state index is 0.233. The Balaban J connectivity index is 2.30. The van der Waals surface area contributed by atoms with Crippen molar-refractivity contribution in [3.8, 4) is 0 Å². The van der Waals surface area contributed by atoms with E-state index >= 15 is 0 Å². The molecule has 0 aromatic heterocycles. The third kappa shape index (κ3) is 4.82. The molecule has 4 heteroatoms. The van der Waals surface area contributed by atoms with Gasteiger partial charge in [0, 0.05) is 20.0 Å². The van der Waals surface area contributed by atoms with E-state index in [1.165, 1.54) is 11.1 Å². The van der Waals surface area contributed by atoms with Gasteiger partial charge in [0.25, 0.3) is 0 Å². The molecule has 0 fully saturated rings. The van der Waals surface area contributed by atoms with E-state index < -0.39 is 0 Å². The van der Waals surface area contributed by atoms with Crippen LogP contribution < -0.4 is 5.32 Å². The highest BCUT2D eigenvalue weighted by molar-refractivity contribution is 9.11. The fourth-order valence-corrected chi connectivity index (χ4v) is 3.39. The van der Waals surface area contributed by atoms with Crippen molar-refractivity contribution >= 4 is 43.5 Å². The molecule has 0 aliphatic heterocycles. The van der Waals surface area contributed by atoms with Gasteiger partial charge >= 0.3 is 0 Å². The Bertz CT molecular complexity index is 601. The molecule has 2 aromatic rings. The number of nitrogens with one attached hydrogen (secondary N) is 1. The maximum Gasteiger partial charge on any atom is 0.0438 e. The smallest absolute Gasteiger partial charge is 0.0438 e. The summed E-state index contributed by atoms with van der Waals surface area (Å²) in [6.07, 6.45) is 1.97. The molecule has 1 N–H and O–H groups in total. The van der Waals surface area contributed by atoms with Crippen LogP contribution in [0.5, 0.6) is 0 Å². The Hall–Kier alpha value is -0.350. The normalized spacial score (nSPS) is 12.4. The highest BCUT2D eigenvalue weighted by atomic mass is 79.9. The van der Waals surface area contributed by atoms with Crippen LogP contribution in [0.15, 0.2) is 51.4 Å². The minimum Gasteiger partial charge on any atom is -0.310 e. The van der Waals surface area contributed by atoms with E-state index in [9.17, 15) is 0 Å². The van der Waals surface area contributed by atoms with Crippen molar-refractivity contribution in [2.24, 2.45) is 0 Å². The quantitative estimate of drug-likeness (QED) is 0.579. The molecule has 0 heterocycles. The monoisotopic (exact) mass is 429 g/mol. The Morgan fingerprint density at radius 3 is 2.62 bits per heavy atom. The lowest BCUT2D eigenvalue weighted by Crippen LogP contribution is -2.24. The van der Waals surface area contributed by atoms with Crippen LogP contribution in [-0.2, 0) is 6.42 Å². The highest BCUT2D eigenvalue weighted by Gasteiger charge is 2.16. The second-order valence-corrected chi connectivity index (χ2v) is 7.15. The Morgan fingerprint density at radius 1 is 1.14 bits per heavy atom. The van der Waals surface area contributed by atoms with Crippen LogP contribution in [0.4, 0.5) is 0 Å². The van der Waals surface area contributed by atoms with Gasteiger partial charge in [-0.15, -0.1) is 0 Å². The van der Waals surface area contributed by atoms with Crippen LogP contribution in [0.3, 0.4) is 0 Å². The SMILES string of the molecule is CCCNC(Cc1ccccc1Cl)c1cc(Br)ccc1Br. The van der Waals surface area contributed by atoms with Crippen molar-refractivity contribution in [1.82, 2.24) is 5.32 Å². The molecule has 0 amide bonds. The molecule has 0 bridgehead atoms. The molecule has 0 saturated heterocycles. The van der Waals surface area contributed by atoms with Crippen LogP contribution in [0, 0.1) is 0 Å². The fraction of sp³-hybridized carbons (Fsp3) is 0.294. The minimum absolute atomic E-state index is 0.233. The van der Waals surface area contributed by atoms with Gasteiger partial charge in [-0.25, -0.2) is 0 Å². The largest absolute Gasteiger partial charge is 0.310 e. The molecule has 21 heavy (non-hydrogen) atoms. The zero-order chi connectivity index (χ0) is 15.2. The lowest BCUT2D eigenvalue weighted by atomic mass is 9.98. The van der Waals surface area contributed by atoms with Crippen molar-refractivity contribution in [2.75, 3.05) is 6.54 Å². The third-order valence-corrected chi connectivity index (χ3v) is 4.94. The molecule has 112 valence electrons. The summed E-state index contributed by atoms with van der Waals surface area (Å²) < 4.78 is 2.20. The standard InChI is InChI=1S/C17H18Br2ClN/c1-2-9-21-17(10-12-5-3-4-6-16(12)20)14-11-13(18)7-8-15(14)19/h3-8,11,17,21H,2,9-10H2,1H3. The molecule has 2 aromatic carbocycles. The van der Waals surface area contributed by atoms with E-state index in [1.54, 1.807) is 0 Å². The number of halogens is 3. The summed E-state index contributed by atoms with van der Waals surface area (Å²) in [5.74, 6) is 0. The van der Waals surface area contributed by atoms with Gasteiger partial charge in [0.2, 0.25) is 0 Å². The predicted octanol–water partition coefficient (Wildman–Crippen LogP) is 6.15. The fourth-order valence-electron chi connectivity index (χ4n) is 2.28. The van der Waals surface area contributed by atoms with Crippen molar-refractivity contribution in [2.45, 2.75) is 25.8 Å². The molecular formula is C17H18Br2ClN. The number of hydrogen-bond acceptors (Lipinski definition) is 1. The molecule has 0 aliphatic carbocycles. The number of rotatable bonds is 6. The third-order valence-electron chi connectivity index (χ3n) is 3.36. The highest BCUT2D eigenvalue weighted by Crippen LogP contribution is 2.30. The second kappa shape index (κ2) is 8.33.